The van der Waals surface area contributed by atoms with Gasteiger partial charge in [0.25, 0.3) is 0 Å². The summed E-state index contributed by atoms with van der Waals surface area (Å²) in [5.74, 6) is 3.97. The van der Waals surface area contributed by atoms with Crippen LogP contribution in [0.1, 0.15) is 62.5 Å². The number of fused-ring (bicyclic) bond motifs is 2. The van der Waals surface area contributed by atoms with Crippen molar-refractivity contribution in [2.45, 2.75) is 63.5 Å². The number of imidazole rings is 2. The maximum absolute atomic E-state index is 8.51. The van der Waals surface area contributed by atoms with E-state index in [1.54, 1.807) is 0 Å². The van der Waals surface area contributed by atoms with Crippen LogP contribution in [0.4, 0.5) is 0 Å². The van der Waals surface area contributed by atoms with E-state index in [1.165, 1.54) is 25.7 Å². The average molecular weight is 623 g/mol. The summed E-state index contributed by atoms with van der Waals surface area (Å²) in [6.45, 7) is 0. The van der Waals surface area contributed by atoms with Crippen LogP contribution in [0, 0.1) is 10.8 Å². The van der Waals surface area contributed by atoms with Gasteiger partial charge in [0.1, 0.15) is 34.8 Å². The van der Waals surface area contributed by atoms with Gasteiger partial charge in [-0.1, -0.05) is 25.7 Å². The highest BCUT2D eigenvalue weighted by Gasteiger charge is 2.18. The van der Waals surface area contributed by atoms with Crippen LogP contribution in [0.3, 0.4) is 0 Å². The molecule has 2 heterocycles. The number of rotatable bonds is 8. The highest BCUT2D eigenvalue weighted by Crippen LogP contribution is 2.29. The Morgan fingerprint density at radius 1 is 0.574 bits per heavy atom. The molecule has 0 spiro atoms. The van der Waals surface area contributed by atoms with Crippen LogP contribution in [-0.2, 0) is 0 Å². The summed E-state index contributed by atoms with van der Waals surface area (Å²) in [5, 5.41) is 23.8. The van der Waals surface area contributed by atoms with E-state index >= 15 is 0 Å². The zero-order chi connectivity index (χ0) is 31.7. The maximum Gasteiger partial charge on any atom is 0.138 e. The van der Waals surface area contributed by atoms with Gasteiger partial charge in [-0.25, -0.2) is 9.97 Å². The van der Waals surface area contributed by atoms with Crippen molar-refractivity contribution in [2.75, 3.05) is 0 Å². The highest BCUT2D eigenvalue weighted by atomic mass is 16.5. The predicted octanol–water partition coefficient (Wildman–Crippen LogP) is 8.28. The SMILES string of the molecule is N=C(NC1CCCC1)c1ccc2nc(-c3ccc(Oc4ccc(-c5nc6ccc(C(=N)NC7CCCC7)cc6[nH]5)cc4)cc3)[nH]c2c1. The first-order valence-corrected chi connectivity index (χ1v) is 16.6. The van der Waals surface area contributed by atoms with Gasteiger partial charge in [0, 0.05) is 34.3 Å². The first kappa shape index (κ1) is 29.0. The summed E-state index contributed by atoms with van der Waals surface area (Å²) in [5.41, 5.74) is 7.23. The normalized spacial score (nSPS) is 15.4. The van der Waals surface area contributed by atoms with Gasteiger partial charge < -0.3 is 25.3 Å². The van der Waals surface area contributed by atoms with Crippen molar-refractivity contribution in [2.24, 2.45) is 0 Å². The molecule has 6 aromatic rings. The fourth-order valence-corrected chi connectivity index (χ4v) is 6.82. The van der Waals surface area contributed by atoms with Gasteiger partial charge in [-0.15, -0.1) is 0 Å². The molecule has 2 fully saturated rings. The minimum atomic E-state index is 0.408. The molecule has 0 atom stereocenters. The topological polar surface area (TPSA) is 138 Å². The minimum Gasteiger partial charge on any atom is -0.457 e. The maximum atomic E-state index is 8.51. The Kier molecular flexibility index (Phi) is 7.65. The first-order valence-electron chi connectivity index (χ1n) is 16.6. The van der Waals surface area contributed by atoms with Crippen molar-refractivity contribution >= 4 is 33.7 Å². The van der Waals surface area contributed by atoms with Crippen LogP contribution in [0.15, 0.2) is 84.9 Å². The predicted molar refractivity (Wildman–Crippen MR) is 188 cm³/mol. The Hall–Kier alpha value is -5.44. The molecule has 4 aromatic carbocycles. The lowest BCUT2D eigenvalue weighted by atomic mass is 10.1. The number of ether oxygens (including phenoxy) is 1. The molecule has 2 aliphatic carbocycles. The van der Waals surface area contributed by atoms with Crippen molar-refractivity contribution in [1.82, 2.24) is 30.6 Å². The van der Waals surface area contributed by atoms with Crippen molar-refractivity contribution in [1.29, 1.82) is 10.8 Å². The Balaban J connectivity index is 0.917. The van der Waals surface area contributed by atoms with E-state index < -0.39 is 0 Å². The third-order valence-corrected chi connectivity index (χ3v) is 9.44. The quantitative estimate of drug-likeness (QED) is 0.0749. The van der Waals surface area contributed by atoms with Crippen LogP contribution in [0.5, 0.6) is 11.5 Å². The number of hydrogen-bond donors (Lipinski definition) is 6. The second-order valence-electron chi connectivity index (χ2n) is 12.8. The molecule has 9 nitrogen and oxygen atoms in total. The molecule has 2 aliphatic rings. The van der Waals surface area contributed by atoms with E-state index in [0.29, 0.717) is 23.8 Å². The fourth-order valence-electron chi connectivity index (χ4n) is 6.82. The molecule has 0 aliphatic heterocycles. The molecular weight excluding hydrogens is 584 g/mol. The minimum absolute atomic E-state index is 0.408. The molecule has 9 heteroatoms. The zero-order valence-corrected chi connectivity index (χ0v) is 26.2. The van der Waals surface area contributed by atoms with Crippen LogP contribution in [0.2, 0.25) is 0 Å². The number of nitrogens with one attached hydrogen (secondary N) is 6. The molecule has 0 unspecified atom stereocenters. The number of aromatic amines is 2. The standard InChI is InChI=1S/C38H38N8O/c39-35(41-27-5-1-2-6-27)25-13-19-31-33(21-25)45-37(43-31)23-9-15-29(16-10-23)47-30-17-11-24(12-18-30)38-44-32-20-14-26(22-34(32)46-38)36(40)42-28-7-3-4-8-28/h9-22,27-28H,1-8H2,(H2,39,41)(H2,40,42)(H,43,45)(H,44,46). The molecule has 0 amide bonds. The summed E-state index contributed by atoms with van der Waals surface area (Å²) in [7, 11) is 0. The third kappa shape index (κ3) is 6.21. The second-order valence-corrected chi connectivity index (χ2v) is 12.8. The molecule has 8 rings (SSSR count). The summed E-state index contributed by atoms with van der Waals surface area (Å²) in [6, 6.07) is 28.5. The number of nitrogens with zero attached hydrogens (tertiary/aromatic N) is 2. The van der Waals surface area contributed by atoms with Crippen molar-refractivity contribution < 1.29 is 4.74 Å². The van der Waals surface area contributed by atoms with Gasteiger partial charge in [-0.05, 0) is 111 Å². The van der Waals surface area contributed by atoms with E-state index in [-0.39, 0.29) is 0 Å². The average Bonchev–Trinajstić information content (AvgIpc) is 3.92. The van der Waals surface area contributed by atoms with Crippen molar-refractivity contribution in [3.63, 3.8) is 0 Å². The molecule has 2 saturated carbocycles. The summed E-state index contributed by atoms with van der Waals surface area (Å²) in [6.07, 6.45) is 9.50. The van der Waals surface area contributed by atoms with Gasteiger partial charge in [0.05, 0.1) is 22.1 Å². The molecule has 0 radical (unpaired) electrons. The monoisotopic (exact) mass is 622 g/mol. The Morgan fingerprint density at radius 3 is 1.38 bits per heavy atom. The van der Waals surface area contributed by atoms with Crippen LogP contribution < -0.4 is 15.4 Å². The van der Waals surface area contributed by atoms with Crippen LogP contribution >= 0.6 is 0 Å². The number of hydrogen-bond acceptors (Lipinski definition) is 5. The smallest absolute Gasteiger partial charge is 0.138 e. The van der Waals surface area contributed by atoms with Gasteiger partial charge in [-0.3, -0.25) is 10.8 Å². The molecule has 0 bridgehead atoms. The first-order chi connectivity index (χ1) is 23.0. The molecule has 0 saturated heterocycles. The highest BCUT2D eigenvalue weighted by molar-refractivity contribution is 6.00. The molecular formula is C38H38N8O. The zero-order valence-electron chi connectivity index (χ0n) is 26.2. The largest absolute Gasteiger partial charge is 0.457 e. The number of H-pyrrole nitrogens is 2. The molecule has 2 aromatic heterocycles. The molecule has 47 heavy (non-hydrogen) atoms. The lowest BCUT2D eigenvalue weighted by molar-refractivity contribution is 0.483. The Morgan fingerprint density at radius 2 is 0.979 bits per heavy atom. The van der Waals surface area contributed by atoms with Crippen molar-refractivity contribution in [3.8, 4) is 34.3 Å². The summed E-state index contributed by atoms with van der Waals surface area (Å²) in [4.78, 5) is 16.4. The van der Waals surface area contributed by atoms with Gasteiger partial charge in [0.15, 0.2) is 0 Å². The van der Waals surface area contributed by atoms with Crippen LogP contribution in [0.25, 0.3) is 44.8 Å². The van der Waals surface area contributed by atoms with E-state index in [2.05, 4.69) is 20.6 Å². The molecule has 6 N–H and O–H groups in total. The van der Waals surface area contributed by atoms with Crippen molar-refractivity contribution in [3.05, 3.63) is 96.1 Å². The van der Waals surface area contributed by atoms with Gasteiger partial charge in [-0.2, -0.15) is 0 Å². The van der Waals surface area contributed by atoms with Gasteiger partial charge >= 0.3 is 0 Å². The summed E-state index contributed by atoms with van der Waals surface area (Å²) >= 11 is 0. The van der Waals surface area contributed by atoms with Gasteiger partial charge in [0.2, 0.25) is 0 Å². The van der Waals surface area contributed by atoms with E-state index in [9.17, 15) is 0 Å². The van der Waals surface area contributed by atoms with E-state index in [4.69, 9.17) is 25.5 Å². The number of benzene rings is 4. The summed E-state index contributed by atoms with van der Waals surface area (Å²) < 4.78 is 6.15. The molecule has 236 valence electrons. The second kappa shape index (κ2) is 12.4. The lowest BCUT2D eigenvalue weighted by Gasteiger charge is -2.14. The van der Waals surface area contributed by atoms with Crippen LogP contribution in [-0.4, -0.2) is 43.7 Å². The fraction of sp³-hybridized carbons (Fsp3) is 0.263. The number of aromatic nitrogens is 4. The van der Waals surface area contributed by atoms with E-state index in [0.717, 1.165) is 93.2 Å². The number of amidine groups is 2. The van der Waals surface area contributed by atoms with E-state index in [1.807, 2.05) is 84.9 Å². The lowest BCUT2D eigenvalue weighted by Crippen LogP contribution is -2.32. The Bertz CT molecular complexity index is 1910. The Labute approximate surface area is 273 Å². The third-order valence-electron chi connectivity index (χ3n) is 9.44.